The Morgan fingerprint density at radius 3 is 2.21 bits per heavy atom. The van der Waals surface area contributed by atoms with E-state index in [0.717, 1.165) is 46.9 Å². The summed E-state index contributed by atoms with van der Waals surface area (Å²) in [4.78, 5) is 14.6. The zero-order valence-corrected chi connectivity index (χ0v) is 25.1. The van der Waals surface area contributed by atoms with Gasteiger partial charge in [-0.15, -0.1) is 0 Å². The standard InChI is InChI=1S/C31H30N2O7SSe/c32-19-42-17-3-1-2-4-28(36)33-22-9-5-21(6-10-22)30-29(20-7-11-23(34)12-8-20)26-18-27(31(30)39-26)41(37,38)40-25-15-13-24(35)14-16-25/h5-16,26-27,31,34-35H,1-4,17-18H2,(H,33,36). The minimum atomic E-state index is -4.10. The van der Waals surface area contributed by atoms with Gasteiger partial charge >= 0.3 is 123 Å². The fourth-order valence-electron chi connectivity index (χ4n) is 5.33. The van der Waals surface area contributed by atoms with Crippen LogP contribution in [0.2, 0.25) is 5.32 Å². The van der Waals surface area contributed by atoms with Crippen LogP contribution in [-0.2, 0) is 19.6 Å². The number of phenols is 2. The van der Waals surface area contributed by atoms with E-state index >= 15 is 0 Å². The van der Waals surface area contributed by atoms with Gasteiger partial charge < -0.3 is 19.1 Å². The molecule has 2 heterocycles. The van der Waals surface area contributed by atoms with E-state index in [0.29, 0.717) is 12.1 Å². The zero-order valence-electron chi connectivity index (χ0n) is 22.6. The molecule has 2 aliphatic heterocycles. The Bertz CT molecular complexity index is 1600. The maximum absolute atomic E-state index is 13.4. The molecular weight excluding hydrogens is 623 g/mol. The van der Waals surface area contributed by atoms with Gasteiger partial charge in [0.1, 0.15) is 28.6 Å². The Balaban J connectivity index is 1.36. The molecule has 0 aromatic heterocycles. The number of amides is 1. The third-order valence-electron chi connectivity index (χ3n) is 7.28. The number of hydrogen-bond acceptors (Lipinski definition) is 8. The molecule has 1 fully saturated rings. The van der Waals surface area contributed by atoms with Crippen molar-refractivity contribution in [2.75, 3.05) is 5.32 Å². The number of unbranched alkanes of at least 4 members (excludes halogenated alkanes) is 2. The van der Waals surface area contributed by atoms with Gasteiger partial charge in [0.15, 0.2) is 0 Å². The number of nitrogens with zero attached hydrogens (tertiary/aromatic N) is 1. The van der Waals surface area contributed by atoms with E-state index in [-0.39, 0.29) is 44.5 Å². The van der Waals surface area contributed by atoms with E-state index in [9.17, 15) is 23.4 Å². The van der Waals surface area contributed by atoms with Crippen LogP contribution in [0.3, 0.4) is 0 Å². The van der Waals surface area contributed by atoms with Gasteiger partial charge in [0.25, 0.3) is 0 Å². The van der Waals surface area contributed by atoms with Crippen molar-refractivity contribution < 1.29 is 32.3 Å². The molecule has 0 saturated carbocycles. The van der Waals surface area contributed by atoms with Gasteiger partial charge in [-0.3, -0.25) is 0 Å². The Hall–Kier alpha value is -3.81. The number of anilines is 1. The summed E-state index contributed by atoms with van der Waals surface area (Å²) in [5, 5.41) is 30.9. The van der Waals surface area contributed by atoms with Gasteiger partial charge in [-0.2, -0.15) is 8.42 Å². The van der Waals surface area contributed by atoms with Gasteiger partial charge in [-0.1, -0.05) is 12.1 Å². The SMILES string of the molecule is N#C[Se]CCCCCC(=O)Nc1ccc(C2=C(c3ccc(O)cc3)C3CC(S(=O)(=O)Oc4ccc(O)cc4)C2O3)cc1. The second kappa shape index (κ2) is 13.0. The summed E-state index contributed by atoms with van der Waals surface area (Å²) in [5.41, 5.74) is 3.78. The number of ether oxygens (including phenoxy) is 1. The molecule has 3 aromatic carbocycles. The molecular formula is C31H30N2O7SSe. The van der Waals surface area contributed by atoms with Crippen molar-refractivity contribution in [1.82, 2.24) is 0 Å². The number of carbonyl (C=O) groups excluding carboxylic acids is 1. The second-order valence-corrected chi connectivity index (χ2v) is 13.7. The normalized spacial score (nSPS) is 19.5. The van der Waals surface area contributed by atoms with Crippen LogP contribution in [0.5, 0.6) is 17.2 Å². The Kier molecular flexibility index (Phi) is 9.19. The molecule has 1 amide bonds. The molecule has 0 aliphatic carbocycles. The van der Waals surface area contributed by atoms with Crippen molar-refractivity contribution in [2.45, 2.75) is 54.9 Å². The van der Waals surface area contributed by atoms with Crippen LogP contribution in [0.1, 0.15) is 43.2 Å². The first-order chi connectivity index (χ1) is 20.2. The fraction of sp³-hybridized carbons (Fsp3) is 0.290. The van der Waals surface area contributed by atoms with Crippen molar-refractivity contribution >= 4 is 47.8 Å². The van der Waals surface area contributed by atoms with Crippen LogP contribution in [0, 0.1) is 10.2 Å². The number of fused-ring (bicyclic) bond motifs is 2. The fourth-order valence-corrected chi connectivity index (χ4v) is 7.67. The second-order valence-electron chi connectivity index (χ2n) is 10.1. The van der Waals surface area contributed by atoms with Crippen LogP contribution in [0.15, 0.2) is 72.8 Å². The summed E-state index contributed by atoms with van der Waals surface area (Å²) in [6.45, 7) is 0. The third kappa shape index (κ3) is 6.80. The van der Waals surface area contributed by atoms with Crippen molar-refractivity contribution in [3.05, 3.63) is 83.9 Å². The molecule has 0 radical (unpaired) electrons. The summed E-state index contributed by atoms with van der Waals surface area (Å²) in [7, 11) is -4.10. The topological polar surface area (TPSA) is 146 Å². The van der Waals surface area contributed by atoms with Crippen LogP contribution >= 0.6 is 0 Å². The summed E-state index contributed by atoms with van der Waals surface area (Å²) in [6.07, 6.45) is 1.94. The molecule has 2 aliphatic rings. The summed E-state index contributed by atoms with van der Waals surface area (Å²) in [5.74, 6) is 0.135. The number of nitrogens with one attached hydrogen (secondary N) is 1. The number of hydrogen-bond donors (Lipinski definition) is 3. The van der Waals surface area contributed by atoms with E-state index in [2.05, 4.69) is 10.3 Å². The molecule has 11 heteroatoms. The van der Waals surface area contributed by atoms with E-state index in [1.54, 1.807) is 36.4 Å². The van der Waals surface area contributed by atoms with Crippen LogP contribution in [-0.4, -0.2) is 57.0 Å². The molecule has 3 aromatic rings. The Labute approximate surface area is 251 Å². The monoisotopic (exact) mass is 654 g/mol. The van der Waals surface area contributed by atoms with Gasteiger partial charge in [0.05, 0.1) is 6.10 Å². The molecule has 3 unspecified atom stereocenters. The van der Waals surface area contributed by atoms with Gasteiger partial charge in [0.2, 0.25) is 0 Å². The van der Waals surface area contributed by atoms with Crippen molar-refractivity contribution in [3.8, 4) is 22.2 Å². The molecule has 3 atom stereocenters. The van der Waals surface area contributed by atoms with Crippen molar-refractivity contribution in [3.63, 3.8) is 0 Å². The van der Waals surface area contributed by atoms with Gasteiger partial charge in [-0.05, 0) is 47.5 Å². The molecule has 9 nitrogen and oxygen atoms in total. The third-order valence-corrected chi connectivity index (χ3v) is 10.2. The average Bonchev–Trinajstić information content (AvgIpc) is 3.57. The zero-order chi connectivity index (χ0) is 29.7. The number of carbonyl (C=O) groups is 1. The van der Waals surface area contributed by atoms with E-state index in [1.165, 1.54) is 24.3 Å². The number of nitriles is 1. The summed E-state index contributed by atoms with van der Waals surface area (Å²) in [6, 6.07) is 19.5. The predicted octanol–water partition coefficient (Wildman–Crippen LogP) is 5.06. The molecule has 1 saturated heterocycles. The molecule has 218 valence electrons. The molecule has 42 heavy (non-hydrogen) atoms. The summed E-state index contributed by atoms with van der Waals surface area (Å²) < 4.78 is 38.5. The quantitative estimate of drug-likeness (QED) is 0.140. The Morgan fingerprint density at radius 1 is 0.929 bits per heavy atom. The van der Waals surface area contributed by atoms with E-state index < -0.39 is 27.6 Å². The molecule has 5 rings (SSSR count). The first-order valence-electron chi connectivity index (χ1n) is 13.6. The first-order valence-corrected chi connectivity index (χ1v) is 17.1. The molecule has 2 bridgehead atoms. The Morgan fingerprint density at radius 2 is 1.55 bits per heavy atom. The number of rotatable bonds is 12. The minimum absolute atomic E-state index is 0.000904. The average molecular weight is 654 g/mol. The van der Waals surface area contributed by atoms with Crippen LogP contribution in [0.4, 0.5) is 5.69 Å². The number of benzene rings is 3. The number of phenolic OH excluding ortho intramolecular Hbond substituents is 2. The molecule has 3 N–H and O–H groups in total. The van der Waals surface area contributed by atoms with Crippen molar-refractivity contribution in [2.24, 2.45) is 0 Å². The van der Waals surface area contributed by atoms with Crippen molar-refractivity contribution in [1.29, 1.82) is 5.26 Å². The van der Waals surface area contributed by atoms with Gasteiger partial charge in [-0.25, -0.2) is 0 Å². The predicted molar refractivity (Wildman–Crippen MR) is 159 cm³/mol. The molecule has 0 spiro atoms. The first kappa shape index (κ1) is 29.7. The van der Waals surface area contributed by atoms with Crippen LogP contribution in [0.25, 0.3) is 11.1 Å². The maximum atomic E-state index is 13.4. The van der Waals surface area contributed by atoms with E-state index in [4.69, 9.17) is 14.2 Å². The van der Waals surface area contributed by atoms with Gasteiger partial charge in [0, 0.05) is 6.42 Å². The van der Waals surface area contributed by atoms with Crippen LogP contribution < -0.4 is 9.50 Å². The number of aromatic hydroxyl groups is 2. The van der Waals surface area contributed by atoms with E-state index in [1.807, 2.05) is 12.1 Å². The summed E-state index contributed by atoms with van der Waals surface area (Å²) >= 11 is 0.0233.